The smallest absolute Gasteiger partial charge is 0.327 e. The molecular weight excluding hydrogens is 235 g/mol. The van der Waals surface area contributed by atoms with E-state index in [1.54, 1.807) is 18.2 Å². The zero-order valence-electron chi connectivity index (χ0n) is 10.4. The molecule has 0 radical (unpaired) electrons. The van der Waals surface area contributed by atoms with Crippen LogP contribution in [0, 0.1) is 5.82 Å². The fraction of sp³-hybridized carbons (Fsp3) is 0.462. The van der Waals surface area contributed by atoms with Gasteiger partial charge in [0.1, 0.15) is 11.9 Å². The lowest BCUT2D eigenvalue weighted by atomic mass is 10.0. The summed E-state index contributed by atoms with van der Waals surface area (Å²) in [6.07, 6.45) is 0. The molecule has 0 amide bonds. The summed E-state index contributed by atoms with van der Waals surface area (Å²) in [5.41, 5.74) is 0.381. The number of hydrogen-bond acceptors (Lipinski definition) is 4. The molecule has 1 aromatic carbocycles. The highest BCUT2D eigenvalue weighted by molar-refractivity contribution is 5.77. The Kier molecular flexibility index (Phi) is 4.28. The normalized spacial score (nSPS) is 18.3. The van der Waals surface area contributed by atoms with E-state index in [-0.39, 0.29) is 5.82 Å². The maximum Gasteiger partial charge on any atom is 0.327 e. The van der Waals surface area contributed by atoms with Gasteiger partial charge in [0.05, 0.1) is 7.11 Å². The predicted molar refractivity (Wildman–Crippen MR) is 65.6 cm³/mol. The quantitative estimate of drug-likeness (QED) is 0.813. The first kappa shape index (κ1) is 13.0. The molecule has 0 aliphatic carbocycles. The van der Waals surface area contributed by atoms with Crippen molar-refractivity contribution in [3.63, 3.8) is 0 Å². The van der Waals surface area contributed by atoms with Gasteiger partial charge in [-0.1, -0.05) is 18.2 Å². The molecule has 4 nitrogen and oxygen atoms in total. The highest BCUT2D eigenvalue weighted by Gasteiger charge is 2.31. The number of methoxy groups -OCH3 is 1. The average Bonchev–Trinajstić information content (AvgIpc) is 2.42. The summed E-state index contributed by atoms with van der Waals surface area (Å²) in [4.78, 5) is 13.9. The summed E-state index contributed by atoms with van der Waals surface area (Å²) in [7, 11) is 1.33. The maximum absolute atomic E-state index is 13.8. The highest BCUT2D eigenvalue weighted by Crippen LogP contribution is 2.24. The van der Waals surface area contributed by atoms with E-state index in [1.807, 2.05) is 4.90 Å². The third-order valence-corrected chi connectivity index (χ3v) is 3.14. The highest BCUT2D eigenvalue weighted by atomic mass is 19.1. The minimum Gasteiger partial charge on any atom is -0.468 e. The molecule has 1 saturated heterocycles. The Bertz CT molecular complexity index is 419. The van der Waals surface area contributed by atoms with Crippen LogP contribution >= 0.6 is 0 Å². The largest absolute Gasteiger partial charge is 0.468 e. The van der Waals surface area contributed by atoms with Crippen LogP contribution in [-0.2, 0) is 9.53 Å². The second-order valence-electron chi connectivity index (χ2n) is 4.23. The third-order valence-electron chi connectivity index (χ3n) is 3.14. The average molecular weight is 252 g/mol. The van der Waals surface area contributed by atoms with Gasteiger partial charge >= 0.3 is 5.97 Å². The fourth-order valence-electron chi connectivity index (χ4n) is 2.22. The summed E-state index contributed by atoms with van der Waals surface area (Å²) in [5.74, 6) is -0.784. The van der Waals surface area contributed by atoms with Crippen molar-refractivity contribution in [3.8, 4) is 0 Å². The summed E-state index contributed by atoms with van der Waals surface area (Å²) >= 11 is 0. The minimum atomic E-state index is -0.654. The lowest BCUT2D eigenvalue weighted by Crippen LogP contribution is -2.47. The first-order valence-electron chi connectivity index (χ1n) is 6.01. The molecular formula is C13H17FN2O2. The number of nitrogens with zero attached hydrogens (tertiary/aromatic N) is 1. The molecule has 1 heterocycles. The monoisotopic (exact) mass is 252 g/mol. The molecule has 0 aromatic heterocycles. The van der Waals surface area contributed by atoms with Gasteiger partial charge in [0.25, 0.3) is 0 Å². The third kappa shape index (κ3) is 2.68. The number of rotatable bonds is 3. The van der Waals surface area contributed by atoms with Crippen LogP contribution in [0.3, 0.4) is 0 Å². The van der Waals surface area contributed by atoms with Gasteiger partial charge < -0.3 is 10.1 Å². The van der Waals surface area contributed by atoms with E-state index in [0.29, 0.717) is 18.7 Å². The van der Waals surface area contributed by atoms with Crippen LogP contribution in [0.2, 0.25) is 0 Å². The molecule has 98 valence electrons. The SMILES string of the molecule is COC(=O)C(c1ccccc1F)N1CCNCC1. The van der Waals surface area contributed by atoms with Crippen molar-refractivity contribution >= 4 is 5.97 Å². The predicted octanol–water partition coefficient (Wildman–Crippen LogP) is 0.945. The zero-order chi connectivity index (χ0) is 13.0. The van der Waals surface area contributed by atoms with Gasteiger partial charge in [-0.05, 0) is 6.07 Å². The topological polar surface area (TPSA) is 41.6 Å². The van der Waals surface area contributed by atoms with Gasteiger partial charge in [-0.25, -0.2) is 9.18 Å². The molecule has 2 rings (SSSR count). The Morgan fingerprint density at radius 3 is 2.67 bits per heavy atom. The molecule has 0 spiro atoms. The van der Waals surface area contributed by atoms with E-state index in [1.165, 1.54) is 13.2 Å². The molecule has 0 saturated carbocycles. The number of carbonyl (C=O) groups excluding carboxylic acids is 1. The second-order valence-corrected chi connectivity index (χ2v) is 4.23. The van der Waals surface area contributed by atoms with Gasteiger partial charge in [0.2, 0.25) is 0 Å². The Hall–Kier alpha value is -1.46. The van der Waals surface area contributed by atoms with Crippen molar-refractivity contribution in [3.05, 3.63) is 35.6 Å². The molecule has 0 bridgehead atoms. The maximum atomic E-state index is 13.8. The van der Waals surface area contributed by atoms with Crippen molar-refractivity contribution in [2.24, 2.45) is 0 Å². The Morgan fingerprint density at radius 2 is 2.06 bits per heavy atom. The first-order chi connectivity index (χ1) is 8.74. The van der Waals surface area contributed by atoms with Gasteiger partial charge in [-0.3, -0.25) is 4.90 Å². The molecule has 1 fully saturated rings. The zero-order valence-corrected chi connectivity index (χ0v) is 10.4. The number of carbonyl (C=O) groups is 1. The molecule has 1 unspecified atom stereocenters. The van der Waals surface area contributed by atoms with Crippen LogP contribution in [0.5, 0.6) is 0 Å². The molecule has 1 aliphatic rings. The van der Waals surface area contributed by atoms with Crippen LogP contribution in [0.15, 0.2) is 24.3 Å². The molecule has 5 heteroatoms. The molecule has 18 heavy (non-hydrogen) atoms. The van der Waals surface area contributed by atoms with Gasteiger partial charge in [0.15, 0.2) is 0 Å². The Morgan fingerprint density at radius 1 is 1.39 bits per heavy atom. The van der Waals surface area contributed by atoms with Crippen molar-refractivity contribution in [1.29, 1.82) is 0 Å². The lowest BCUT2D eigenvalue weighted by molar-refractivity contribution is -0.147. The van der Waals surface area contributed by atoms with Crippen LogP contribution in [0.4, 0.5) is 4.39 Å². The van der Waals surface area contributed by atoms with E-state index in [0.717, 1.165) is 13.1 Å². The number of hydrogen-bond donors (Lipinski definition) is 1. The Labute approximate surface area is 106 Å². The molecule has 1 aromatic rings. The minimum absolute atomic E-state index is 0.369. The van der Waals surface area contributed by atoms with Crippen LogP contribution in [0.1, 0.15) is 11.6 Å². The van der Waals surface area contributed by atoms with E-state index < -0.39 is 12.0 Å². The van der Waals surface area contributed by atoms with Crippen molar-refractivity contribution in [2.75, 3.05) is 33.3 Å². The molecule has 1 N–H and O–H groups in total. The van der Waals surface area contributed by atoms with Gasteiger partial charge in [-0.2, -0.15) is 0 Å². The van der Waals surface area contributed by atoms with E-state index >= 15 is 0 Å². The fourth-order valence-corrected chi connectivity index (χ4v) is 2.22. The first-order valence-corrected chi connectivity index (χ1v) is 6.01. The van der Waals surface area contributed by atoms with Crippen molar-refractivity contribution < 1.29 is 13.9 Å². The van der Waals surface area contributed by atoms with Crippen LogP contribution in [0.25, 0.3) is 0 Å². The van der Waals surface area contributed by atoms with E-state index in [4.69, 9.17) is 4.74 Å². The number of esters is 1. The number of ether oxygens (including phenoxy) is 1. The summed E-state index contributed by atoms with van der Waals surface area (Å²) < 4.78 is 18.6. The standard InChI is InChI=1S/C13H17FN2O2/c1-18-13(17)12(16-8-6-15-7-9-16)10-4-2-3-5-11(10)14/h2-5,12,15H,6-9H2,1H3. The number of halogens is 1. The summed E-state index contributed by atoms with van der Waals surface area (Å²) in [6, 6.07) is 5.70. The van der Waals surface area contributed by atoms with Crippen molar-refractivity contribution in [2.45, 2.75) is 6.04 Å². The number of piperazine rings is 1. The number of nitrogens with one attached hydrogen (secondary N) is 1. The van der Waals surface area contributed by atoms with Crippen LogP contribution < -0.4 is 5.32 Å². The van der Waals surface area contributed by atoms with Gasteiger partial charge in [0, 0.05) is 31.7 Å². The van der Waals surface area contributed by atoms with E-state index in [2.05, 4.69) is 5.32 Å². The number of benzene rings is 1. The van der Waals surface area contributed by atoms with Crippen molar-refractivity contribution in [1.82, 2.24) is 10.2 Å². The summed E-state index contributed by atoms with van der Waals surface area (Å²) in [5, 5.41) is 3.21. The molecule has 1 atom stereocenters. The van der Waals surface area contributed by atoms with E-state index in [9.17, 15) is 9.18 Å². The van der Waals surface area contributed by atoms with Crippen LogP contribution in [-0.4, -0.2) is 44.2 Å². The lowest BCUT2D eigenvalue weighted by Gasteiger charge is -2.33. The Balaban J connectivity index is 2.30. The van der Waals surface area contributed by atoms with Gasteiger partial charge in [-0.15, -0.1) is 0 Å². The molecule has 1 aliphatic heterocycles. The summed E-state index contributed by atoms with van der Waals surface area (Å²) in [6.45, 7) is 2.99. The second kappa shape index (κ2) is 5.93.